The van der Waals surface area contributed by atoms with Gasteiger partial charge < -0.3 is 14.7 Å². The molecule has 1 N–H and O–H groups in total. The summed E-state index contributed by atoms with van der Waals surface area (Å²) in [6.45, 7) is 1.81. The van der Waals surface area contributed by atoms with Crippen molar-refractivity contribution in [3.05, 3.63) is 47.8 Å². The van der Waals surface area contributed by atoms with Crippen molar-refractivity contribution in [2.24, 2.45) is 0 Å². The first kappa shape index (κ1) is 13.4. The Hall–Kier alpha value is -2.07. The fourth-order valence-corrected chi connectivity index (χ4v) is 1.73. The highest BCUT2D eigenvalue weighted by Crippen LogP contribution is 2.28. The molecule has 1 aromatic carbocycles. The Morgan fingerprint density at radius 2 is 2.05 bits per heavy atom. The van der Waals surface area contributed by atoms with E-state index in [0.29, 0.717) is 11.3 Å². The van der Waals surface area contributed by atoms with E-state index in [9.17, 15) is 5.11 Å². The third-order valence-electron chi connectivity index (χ3n) is 2.81. The van der Waals surface area contributed by atoms with Crippen molar-refractivity contribution in [3.8, 4) is 11.5 Å². The fraction of sp³-hybridized carbons (Fsp3) is 0.267. The van der Waals surface area contributed by atoms with Gasteiger partial charge in [-0.2, -0.15) is 0 Å². The zero-order valence-corrected chi connectivity index (χ0v) is 11.4. The fourth-order valence-electron chi connectivity index (χ4n) is 1.73. The lowest BCUT2D eigenvalue weighted by molar-refractivity contribution is 0.276. The Morgan fingerprint density at radius 3 is 2.74 bits per heavy atom. The Balaban J connectivity index is 2.30. The SMILES string of the molecule is Cc1cc(Oc2cccc(N(C)C)c2)c(CO)cn1. The lowest BCUT2D eigenvalue weighted by Gasteiger charge is -2.15. The summed E-state index contributed by atoms with van der Waals surface area (Å²) in [5.41, 5.74) is 2.60. The van der Waals surface area contributed by atoms with Crippen LogP contribution in [0, 0.1) is 6.92 Å². The van der Waals surface area contributed by atoms with Crippen molar-refractivity contribution in [2.75, 3.05) is 19.0 Å². The van der Waals surface area contributed by atoms with Crippen LogP contribution in [0.25, 0.3) is 0 Å². The zero-order valence-electron chi connectivity index (χ0n) is 11.4. The molecule has 1 aromatic heterocycles. The molecule has 1 heterocycles. The van der Waals surface area contributed by atoms with Gasteiger partial charge in [-0.05, 0) is 19.1 Å². The van der Waals surface area contributed by atoms with Gasteiger partial charge in [0, 0.05) is 49.4 Å². The maximum Gasteiger partial charge on any atom is 0.136 e. The van der Waals surface area contributed by atoms with E-state index in [-0.39, 0.29) is 6.61 Å². The highest BCUT2D eigenvalue weighted by atomic mass is 16.5. The number of nitrogens with zero attached hydrogens (tertiary/aromatic N) is 2. The molecule has 0 amide bonds. The molecule has 2 aromatic rings. The van der Waals surface area contributed by atoms with Crippen LogP contribution in [-0.4, -0.2) is 24.2 Å². The Kier molecular flexibility index (Phi) is 4.02. The van der Waals surface area contributed by atoms with Gasteiger partial charge in [-0.3, -0.25) is 4.98 Å². The summed E-state index contributed by atoms with van der Waals surface area (Å²) in [5, 5.41) is 9.30. The topological polar surface area (TPSA) is 45.6 Å². The molecule has 0 bridgehead atoms. The molecule has 2 rings (SSSR count). The molecular weight excluding hydrogens is 240 g/mol. The molecule has 0 fully saturated rings. The van der Waals surface area contributed by atoms with E-state index in [1.54, 1.807) is 6.20 Å². The molecule has 4 nitrogen and oxygen atoms in total. The summed E-state index contributed by atoms with van der Waals surface area (Å²) in [4.78, 5) is 6.16. The second kappa shape index (κ2) is 5.71. The van der Waals surface area contributed by atoms with Gasteiger partial charge in [0.25, 0.3) is 0 Å². The second-order valence-corrected chi connectivity index (χ2v) is 4.59. The van der Waals surface area contributed by atoms with E-state index in [2.05, 4.69) is 4.98 Å². The van der Waals surface area contributed by atoms with E-state index in [1.165, 1.54) is 0 Å². The minimum Gasteiger partial charge on any atom is -0.457 e. The number of aliphatic hydroxyl groups excluding tert-OH is 1. The summed E-state index contributed by atoms with van der Waals surface area (Å²) in [6, 6.07) is 9.63. The normalized spacial score (nSPS) is 10.3. The summed E-state index contributed by atoms with van der Waals surface area (Å²) in [5.74, 6) is 1.39. The number of pyridine rings is 1. The number of rotatable bonds is 4. The molecular formula is C15H18N2O2. The minimum atomic E-state index is -0.0873. The summed E-state index contributed by atoms with van der Waals surface area (Å²) in [7, 11) is 3.96. The van der Waals surface area contributed by atoms with Gasteiger partial charge in [0.1, 0.15) is 11.5 Å². The van der Waals surface area contributed by atoms with Crippen molar-refractivity contribution in [2.45, 2.75) is 13.5 Å². The summed E-state index contributed by atoms with van der Waals surface area (Å²) >= 11 is 0. The van der Waals surface area contributed by atoms with Crippen LogP contribution in [0.3, 0.4) is 0 Å². The molecule has 19 heavy (non-hydrogen) atoms. The molecule has 0 spiro atoms. The van der Waals surface area contributed by atoms with Crippen LogP contribution < -0.4 is 9.64 Å². The van der Waals surface area contributed by atoms with E-state index >= 15 is 0 Å². The number of aromatic nitrogens is 1. The van der Waals surface area contributed by atoms with Crippen LogP contribution in [-0.2, 0) is 6.61 Å². The number of hydrogen-bond donors (Lipinski definition) is 1. The van der Waals surface area contributed by atoms with E-state index < -0.39 is 0 Å². The van der Waals surface area contributed by atoms with Crippen molar-refractivity contribution in [1.29, 1.82) is 0 Å². The monoisotopic (exact) mass is 258 g/mol. The number of aliphatic hydroxyl groups is 1. The van der Waals surface area contributed by atoms with Crippen LogP contribution in [0.4, 0.5) is 5.69 Å². The van der Waals surface area contributed by atoms with Gasteiger partial charge >= 0.3 is 0 Å². The smallest absolute Gasteiger partial charge is 0.136 e. The maximum absolute atomic E-state index is 9.30. The Morgan fingerprint density at radius 1 is 1.26 bits per heavy atom. The van der Waals surface area contributed by atoms with Gasteiger partial charge in [0.15, 0.2) is 0 Å². The van der Waals surface area contributed by atoms with Crippen molar-refractivity contribution in [3.63, 3.8) is 0 Å². The predicted octanol–water partition coefficient (Wildman–Crippen LogP) is 2.74. The molecule has 0 saturated heterocycles. The van der Waals surface area contributed by atoms with Gasteiger partial charge in [0.05, 0.1) is 6.61 Å². The quantitative estimate of drug-likeness (QED) is 0.916. The third-order valence-corrected chi connectivity index (χ3v) is 2.81. The van der Waals surface area contributed by atoms with Gasteiger partial charge in [0.2, 0.25) is 0 Å². The molecule has 0 atom stereocenters. The lowest BCUT2D eigenvalue weighted by Crippen LogP contribution is -2.08. The molecule has 100 valence electrons. The molecule has 0 aliphatic heterocycles. The molecule has 0 aliphatic carbocycles. The van der Waals surface area contributed by atoms with Crippen LogP contribution in [0.15, 0.2) is 36.5 Å². The molecule has 0 radical (unpaired) electrons. The molecule has 4 heteroatoms. The average Bonchev–Trinajstić information content (AvgIpc) is 2.39. The lowest BCUT2D eigenvalue weighted by atomic mass is 10.2. The number of aryl methyl sites for hydroxylation is 1. The zero-order chi connectivity index (χ0) is 13.8. The first-order valence-corrected chi connectivity index (χ1v) is 6.12. The van der Waals surface area contributed by atoms with E-state index in [4.69, 9.17) is 4.74 Å². The van der Waals surface area contributed by atoms with E-state index in [0.717, 1.165) is 17.1 Å². The number of anilines is 1. The molecule has 0 saturated carbocycles. The largest absolute Gasteiger partial charge is 0.457 e. The Bertz CT molecular complexity index is 568. The number of ether oxygens (including phenoxy) is 1. The van der Waals surface area contributed by atoms with Crippen LogP contribution >= 0.6 is 0 Å². The first-order chi connectivity index (χ1) is 9.10. The molecule has 0 unspecified atom stereocenters. The summed E-state index contributed by atoms with van der Waals surface area (Å²) < 4.78 is 5.85. The van der Waals surface area contributed by atoms with Crippen molar-refractivity contribution in [1.82, 2.24) is 4.98 Å². The van der Waals surface area contributed by atoms with Crippen LogP contribution in [0.2, 0.25) is 0 Å². The average molecular weight is 258 g/mol. The summed E-state index contributed by atoms with van der Waals surface area (Å²) in [6.07, 6.45) is 1.64. The Labute approximate surface area is 113 Å². The molecule has 0 aliphatic rings. The van der Waals surface area contributed by atoms with Crippen LogP contribution in [0.1, 0.15) is 11.3 Å². The van der Waals surface area contributed by atoms with Crippen LogP contribution in [0.5, 0.6) is 11.5 Å². The number of benzene rings is 1. The van der Waals surface area contributed by atoms with Gasteiger partial charge in [-0.1, -0.05) is 6.07 Å². The first-order valence-electron chi connectivity index (χ1n) is 6.12. The number of hydrogen-bond acceptors (Lipinski definition) is 4. The van der Waals surface area contributed by atoms with E-state index in [1.807, 2.05) is 56.3 Å². The maximum atomic E-state index is 9.30. The van der Waals surface area contributed by atoms with Crippen molar-refractivity contribution >= 4 is 5.69 Å². The second-order valence-electron chi connectivity index (χ2n) is 4.59. The van der Waals surface area contributed by atoms with Gasteiger partial charge in [-0.15, -0.1) is 0 Å². The standard InChI is InChI=1S/C15H18N2O2/c1-11-7-15(12(10-18)9-16-11)19-14-6-4-5-13(8-14)17(2)3/h4-9,18H,10H2,1-3H3. The minimum absolute atomic E-state index is 0.0873. The highest BCUT2D eigenvalue weighted by molar-refractivity contribution is 5.50. The van der Waals surface area contributed by atoms with Crippen molar-refractivity contribution < 1.29 is 9.84 Å². The third kappa shape index (κ3) is 3.23. The predicted molar refractivity (Wildman–Crippen MR) is 75.7 cm³/mol. The highest BCUT2D eigenvalue weighted by Gasteiger charge is 2.06. The van der Waals surface area contributed by atoms with Gasteiger partial charge in [-0.25, -0.2) is 0 Å².